The summed E-state index contributed by atoms with van der Waals surface area (Å²) in [5.41, 5.74) is 8.24. The lowest BCUT2D eigenvalue weighted by Gasteiger charge is -2.32. The molecule has 0 spiro atoms. The molecule has 3 atom stereocenters. The summed E-state index contributed by atoms with van der Waals surface area (Å²) in [6.07, 6.45) is 2.85. The van der Waals surface area contributed by atoms with E-state index in [4.69, 9.17) is 22.1 Å². The lowest BCUT2D eigenvalue weighted by atomic mass is 10.0. The fourth-order valence-corrected chi connectivity index (χ4v) is 6.21. The highest BCUT2D eigenvalue weighted by atomic mass is 35.5. The van der Waals surface area contributed by atoms with Crippen LogP contribution in [0, 0.1) is 0 Å². The van der Waals surface area contributed by atoms with Gasteiger partial charge >= 0.3 is 0 Å². The number of likely N-dealkylation sites (tertiary alicyclic amines) is 1. The fourth-order valence-electron chi connectivity index (χ4n) is 5.47. The molecule has 0 bridgehead atoms. The van der Waals surface area contributed by atoms with Gasteiger partial charge in [0.1, 0.15) is 17.6 Å². The zero-order chi connectivity index (χ0) is 30.7. The predicted molar refractivity (Wildman–Crippen MR) is 167 cm³/mol. The largest absolute Gasteiger partial charge is 0.768 e. The van der Waals surface area contributed by atoms with Crippen LogP contribution in [0.2, 0.25) is 5.02 Å². The number of anilines is 3. The zero-order valence-corrected chi connectivity index (χ0v) is 25.2. The maximum absolute atomic E-state index is 14.5. The number of carbonyl (C=O) groups is 2. The van der Waals surface area contributed by atoms with Crippen molar-refractivity contribution in [2.75, 3.05) is 29.5 Å². The van der Waals surface area contributed by atoms with Crippen LogP contribution in [0.4, 0.5) is 17.2 Å². The van der Waals surface area contributed by atoms with Crippen LogP contribution in [0.3, 0.4) is 0 Å². The molecule has 1 aromatic heterocycles. The van der Waals surface area contributed by atoms with Gasteiger partial charge in [-0.2, -0.15) is 0 Å². The summed E-state index contributed by atoms with van der Waals surface area (Å²) in [5, 5.41) is 8.16. The second kappa shape index (κ2) is 13.0. The molecule has 2 heterocycles. The van der Waals surface area contributed by atoms with Crippen LogP contribution in [0.5, 0.6) is 5.75 Å². The molecule has 4 aromatic rings. The van der Waals surface area contributed by atoms with E-state index >= 15 is 0 Å². The maximum Gasteiger partial charge on any atom is 0.250 e. The van der Waals surface area contributed by atoms with Gasteiger partial charge in [0.2, 0.25) is 11.8 Å². The van der Waals surface area contributed by atoms with Gasteiger partial charge in [-0.1, -0.05) is 17.7 Å². The van der Waals surface area contributed by atoms with E-state index in [1.165, 1.54) is 19.1 Å². The summed E-state index contributed by atoms with van der Waals surface area (Å²) in [4.78, 5) is 32.1. The molecular weight excluding hydrogens is 590 g/mol. The van der Waals surface area contributed by atoms with Crippen molar-refractivity contribution in [1.29, 1.82) is 0 Å². The molecule has 0 aliphatic carbocycles. The Hall–Kier alpha value is -4.19. The first kappa shape index (κ1) is 30.3. The number of hydrogen-bond acceptors (Lipinski definition) is 8. The van der Waals surface area contributed by atoms with E-state index in [-0.39, 0.29) is 16.7 Å². The molecule has 3 unspecified atom stereocenters. The van der Waals surface area contributed by atoms with Crippen molar-refractivity contribution in [3.63, 3.8) is 0 Å². The van der Waals surface area contributed by atoms with E-state index in [1.807, 2.05) is 31.2 Å². The summed E-state index contributed by atoms with van der Waals surface area (Å²) in [6.45, 7) is 4.04. The number of benzene rings is 3. The van der Waals surface area contributed by atoms with Crippen LogP contribution in [-0.4, -0.2) is 43.6 Å². The number of halogens is 1. The number of hydrogen-bond donors (Lipinski definition) is 3. The predicted octanol–water partition coefficient (Wildman–Crippen LogP) is 5.58. The Morgan fingerprint density at radius 3 is 2.70 bits per heavy atom. The van der Waals surface area contributed by atoms with Crippen molar-refractivity contribution >= 4 is 62.5 Å². The van der Waals surface area contributed by atoms with Crippen molar-refractivity contribution in [2.24, 2.45) is 0 Å². The normalized spacial score (nSPS) is 16.1. The molecule has 1 fully saturated rings. The van der Waals surface area contributed by atoms with Crippen molar-refractivity contribution in [3.8, 4) is 5.75 Å². The quantitative estimate of drug-likeness (QED) is 0.205. The van der Waals surface area contributed by atoms with Crippen LogP contribution < -0.4 is 21.1 Å². The van der Waals surface area contributed by atoms with Gasteiger partial charge in [-0.25, -0.2) is 4.98 Å². The first-order valence-electron chi connectivity index (χ1n) is 13.8. The molecule has 0 radical (unpaired) electrons. The smallest absolute Gasteiger partial charge is 0.250 e. The number of nitrogens with one attached hydrogen (secondary N) is 2. The summed E-state index contributed by atoms with van der Waals surface area (Å²) < 4.78 is 30.1. The van der Waals surface area contributed by atoms with Gasteiger partial charge in [0.25, 0.3) is 0 Å². The maximum atomic E-state index is 14.5. The summed E-state index contributed by atoms with van der Waals surface area (Å²) in [5.74, 6) is 0.313. The van der Waals surface area contributed by atoms with E-state index in [0.717, 1.165) is 10.8 Å². The second-order valence-electron chi connectivity index (χ2n) is 10.2. The monoisotopic (exact) mass is 620 g/mol. The SMILES string of the molecule is CCOc1cc(C(Nc2ccc3c(N)nccc3c2)C(=O)N2CCCC2c2cc(NC(C)=O)ccc2S(=O)[O-])ccc1Cl. The number of carbonyl (C=O) groups excluding carboxylic acids is 2. The Bertz CT molecular complexity index is 1720. The molecule has 224 valence electrons. The van der Waals surface area contributed by atoms with Gasteiger partial charge in [0, 0.05) is 41.3 Å². The van der Waals surface area contributed by atoms with Gasteiger partial charge in [-0.05, 0) is 102 Å². The van der Waals surface area contributed by atoms with E-state index in [1.54, 1.807) is 35.4 Å². The van der Waals surface area contributed by atoms with Crippen LogP contribution >= 0.6 is 11.6 Å². The van der Waals surface area contributed by atoms with Gasteiger partial charge < -0.3 is 30.6 Å². The van der Waals surface area contributed by atoms with Crippen molar-refractivity contribution in [3.05, 3.63) is 83.0 Å². The average molecular weight is 621 g/mol. The summed E-state index contributed by atoms with van der Waals surface area (Å²) >= 11 is 3.83. The molecule has 1 aliphatic rings. The molecule has 1 saturated heterocycles. The zero-order valence-electron chi connectivity index (χ0n) is 23.6. The molecule has 43 heavy (non-hydrogen) atoms. The number of rotatable bonds is 9. The van der Waals surface area contributed by atoms with Crippen LogP contribution in [0.1, 0.15) is 49.9 Å². The Kier molecular flexibility index (Phi) is 9.14. The second-order valence-corrected chi connectivity index (χ2v) is 11.5. The van der Waals surface area contributed by atoms with E-state index < -0.39 is 23.2 Å². The molecule has 10 nitrogen and oxygen atoms in total. The number of pyridine rings is 1. The third-order valence-corrected chi connectivity index (χ3v) is 8.39. The Morgan fingerprint density at radius 1 is 1.16 bits per heavy atom. The highest BCUT2D eigenvalue weighted by Crippen LogP contribution is 2.39. The molecule has 12 heteroatoms. The van der Waals surface area contributed by atoms with E-state index in [9.17, 15) is 18.4 Å². The van der Waals surface area contributed by atoms with Crippen molar-refractivity contribution in [2.45, 2.75) is 43.7 Å². The number of nitrogen functional groups attached to an aromatic ring is 1. The average Bonchev–Trinajstić information content (AvgIpc) is 3.47. The number of amides is 2. The van der Waals surface area contributed by atoms with Crippen LogP contribution in [0.25, 0.3) is 10.8 Å². The van der Waals surface area contributed by atoms with Crippen molar-refractivity contribution in [1.82, 2.24) is 9.88 Å². The Balaban J connectivity index is 1.56. The molecule has 5 rings (SSSR count). The minimum atomic E-state index is -2.55. The number of fused-ring (bicyclic) bond motifs is 1. The van der Waals surface area contributed by atoms with Crippen LogP contribution in [0.15, 0.2) is 71.8 Å². The highest BCUT2D eigenvalue weighted by Gasteiger charge is 2.36. The van der Waals surface area contributed by atoms with Crippen LogP contribution in [-0.2, 0) is 20.7 Å². The molecule has 0 saturated carbocycles. The van der Waals surface area contributed by atoms with E-state index in [2.05, 4.69) is 15.6 Å². The van der Waals surface area contributed by atoms with Crippen molar-refractivity contribution < 1.29 is 23.1 Å². The molecular formula is C31H31ClN5O5S-. The van der Waals surface area contributed by atoms with E-state index in [0.29, 0.717) is 65.1 Å². The first-order chi connectivity index (χ1) is 20.7. The first-order valence-corrected chi connectivity index (χ1v) is 15.3. The third kappa shape index (κ3) is 6.58. The lowest BCUT2D eigenvalue weighted by molar-refractivity contribution is -0.133. The van der Waals surface area contributed by atoms with Gasteiger partial charge in [0.15, 0.2) is 0 Å². The third-order valence-electron chi connectivity index (χ3n) is 7.35. The van der Waals surface area contributed by atoms with Gasteiger partial charge in [0.05, 0.1) is 17.7 Å². The fraction of sp³-hybridized carbons (Fsp3) is 0.258. The van der Waals surface area contributed by atoms with Gasteiger partial charge in [-0.3, -0.25) is 13.8 Å². The minimum absolute atomic E-state index is 0.0779. The standard InChI is InChI=1S/C31H32ClN5O5S/c1-3-42-27-16-20(6-10-25(27)32)29(36-21-7-9-23-19(15-21)12-13-34-30(23)33)31(39)37-14-4-5-26(37)24-17-22(35-18(2)38)8-11-28(24)43(40)41/h6-13,15-17,26,29,36H,3-5,14H2,1-2H3,(H2,33,34)(H,35,38)(H,40,41)/p-1. The molecule has 4 N–H and O–H groups in total. The Labute approximate surface area is 256 Å². The van der Waals surface area contributed by atoms with Gasteiger partial charge in [-0.15, -0.1) is 0 Å². The number of nitrogens with zero attached hydrogens (tertiary/aromatic N) is 2. The lowest BCUT2D eigenvalue weighted by Crippen LogP contribution is -2.38. The summed E-state index contributed by atoms with van der Waals surface area (Å²) in [6, 6.07) is 15.8. The topological polar surface area (TPSA) is 150 Å². The number of ether oxygens (including phenoxy) is 1. The minimum Gasteiger partial charge on any atom is -0.768 e. The molecule has 3 aromatic carbocycles. The number of nitrogens with two attached hydrogens (primary N) is 1. The molecule has 1 aliphatic heterocycles. The summed E-state index contributed by atoms with van der Waals surface area (Å²) in [7, 11) is 0. The molecule has 2 amide bonds. The Morgan fingerprint density at radius 2 is 1.95 bits per heavy atom. The highest BCUT2D eigenvalue weighted by molar-refractivity contribution is 7.79. The number of aromatic nitrogens is 1.